The monoisotopic (exact) mass is 653 g/mol. The van der Waals surface area contributed by atoms with Crippen molar-refractivity contribution in [2.24, 2.45) is 0 Å². The largest absolute Gasteiger partial charge is 0.277 e. The Morgan fingerprint density at radius 2 is 1.47 bits per heavy atom. The van der Waals surface area contributed by atoms with E-state index in [0.29, 0.717) is 11.5 Å². The molecule has 1 aliphatic carbocycles. The third kappa shape index (κ3) is 4.23. The van der Waals surface area contributed by atoms with Gasteiger partial charge in [0, 0.05) is 34.0 Å². The Bertz CT molecular complexity index is 2930. The van der Waals surface area contributed by atoms with Gasteiger partial charge in [-0.2, -0.15) is 5.26 Å². The van der Waals surface area contributed by atoms with Gasteiger partial charge in [-0.1, -0.05) is 97.9 Å². The Labute approximate surface area is 295 Å². The quantitative estimate of drug-likeness (QED) is 0.190. The van der Waals surface area contributed by atoms with Crippen LogP contribution in [0.25, 0.3) is 83.1 Å². The molecule has 0 spiro atoms. The van der Waals surface area contributed by atoms with Gasteiger partial charge in [-0.25, -0.2) is 9.97 Å². The molecule has 0 amide bonds. The van der Waals surface area contributed by atoms with E-state index >= 15 is 0 Å². The zero-order valence-corrected chi connectivity index (χ0v) is 28.2. The van der Waals surface area contributed by atoms with Crippen molar-refractivity contribution in [1.29, 1.82) is 5.26 Å². The summed E-state index contributed by atoms with van der Waals surface area (Å²) in [7, 11) is 0. The average molecular weight is 654 g/mol. The normalized spacial score (nSPS) is 13.5. The Balaban J connectivity index is 1.42. The van der Waals surface area contributed by atoms with Crippen molar-refractivity contribution in [3.8, 4) is 45.5 Å². The molecule has 2 bridgehead atoms. The predicted molar refractivity (Wildman–Crippen MR) is 207 cm³/mol. The predicted octanol–water partition coefficient (Wildman–Crippen LogP) is 11.3. The zero-order valence-electron chi connectivity index (χ0n) is 28.2. The maximum atomic E-state index is 9.51. The summed E-state index contributed by atoms with van der Waals surface area (Å²) in [6, 6.07) is 47.1. The van der Waals surface area contributed by atoms with E-state index in [1.807, 2.05) is 36.4 Å². The summed E-state index contributed by atoms with van der Waals surface area (Å²) in [4.78, 5) is 15.4. The third-order valence-electron chi connectivity index (χ3n) is 10.8. The summed E-state index contributed by atoms with van der Waals surface area (Å²) in [6.45, 7) is 4.57. The Morgan fingerprint density at radius 1 is 0.725 bits per heavy atom. The van der Waals surface area contributed by atoms with Gasteiger partial charge in [0.15, 0.2) is 0 Å². The molecule has 5 heteroatoms. The van der Waals surface area contributed by atoms with Crippen LogP contribution in [0.3, 0.4) is 0 Å². The maximum Gasteiger partial charge on any atom is 0.235 e. The van der Waals surface area contributed by atoms with Crippen molar-refractivity contribution in [2.75, 3.05) is 0 Å². The second kappa shape index (κ2) is 11.2. The minimum absolute atomic E-state index is 0.245. The number of aromatic nitrogens is 4. The molecule has 51 heavy (non-hydrogen) atoms. The molecule has 0 fully saturated rings. The van der Waals surface area contributed by atoms with Crippen LogP contribution < -0.4 is 0 Å². The minimum Gasteiger partial charge on any atom is -0.277 e. The van der Waals surface area contributed by atoms with Gasteiger partial charge in [-0.05, 0) is 93.9 Å². The van der Waals surface area contributed by atoms with Crippen molar-refractivity contribution in [1.82, 2.24) is 19.5 Å². The van der Waals surface area contributed by atoms with E-state index in [1.54, 1.807) is 6.20 Å². The lowest BCUT2D eigenvalue weighted by molar-refractivity contribution is 0.779. The van der Waals surface area contributed by atoms with Crippen molar-refractivity contribution in [3.05, 3.63) is 156 Å². The van der Waals surface area contributed by atoms with Crippen molar-refractivity contribution in [2.45, 2.75) is 26.2 Å². The van der Waals surface area contributed by atoms with Crippen LogP contribution in [0, 0.1) is 18.3 Å². The molecule has 9 aromatic rings. The molecule has 3 heterocycles. The van der Waals surface area contributed by atoms with Gasteiger partial charge in [0.1, 0.15) is 11.2 Å². The third-order valence-corrected chi connectivity index (χ3v) is 10.8. The van der Waals surface area contributed by atoms with Crippen LogP contribution in [0.1, 0.15) is 41.5 Å². The molecule has 1 atom stereocenters. The number of nitriles is 1. The van der Waals surface area contributed by atoms with Crippen LogP contribution >= 0.6 is 0 Å². The first kappa shape index (κ1) is 29.3. The Hall–Kier alpha value is -6.64. The topological polar surface area (TPSA) is 67.4 Å². The van der Waals surface area contributed by atoms with Crippen LogP contribution in [-0.2, 0) is 0 Å². The van der Waals surface area contributed by atoms with Gasteiger partial charge in [-0.15, -0.1) is 0 Å². The maximum absolute atomic E-state index is 9.51. The molecule has 6 aromatic carbocycles. The molecule has 0 unspecified atom stereocenters. The van der Waals surface area contributed by atoms with E-state index in [4.69, 9.17) is 15.0 Å². The van der Waals surface area contributed by atoms with Gasteiger partial charge in [0.2, 0.25) is 5.95 Å². The highest BCUT2D eigenvalue weighted by atomic mass is 15.2. The van der Waals surface area contributed by atoms with Crippen LogP contribution in [0.5, 0.6) is 0 Å². The lowest BCUT2D eigenvalue weighted by Crippen LogP contribution is -2.10. The van der Waals surface area contributed by atoms with Gasteiger partial charge in [-0.3, -0.25) is 9.55 Å². The van der Waals surface area contributed by atoms with Gasteiger partial charge >= 0.3 is 0 Å². The molecule has 0 saturated heterocycles. The summed E-state index contributed by atoms with van der Waals surface area (Å²) in [6.07, 6.45) is 2.77. The van der Waals surface area contributed by atoms with E-state index in [2.05, 4.69) is 115 Å². The summed E-state index contributed by atoms with van der Waals surface area (Å²) in [5.74, 6) is 0.829. The first-order valence-corrected chi connectivity index (χ1v) is 17.5. The number of rotatable bonds is 3. The Kier molecular flexibility index (Phi) is 6.43. The number of nitrogens with zero attached hydrogens (tertiary/aromatic N) is 5. The fraction of sp³-hybridized carbons (Fsp3) is 0.0870. The van der Waals surface area contributed by atoms with Crippen molar-refractivity contribution < 1.29 is 0 Å². The van der Waals surface area contributed by atoms with E-state index in [9.17, 15) is 5.26 Å². The summed E-state index contributed by atoms with van der Waals surface area (Å²) < 4.78 is 2.29. The van der Waals surface area contributed by atoms with E-state index < -0.39 is 0 Å². The van der Waals surface area contributed by atoms with E-state index in [0.717, 1.165) is 39.7 Å². The summed E-state index contributed by atoms with van der Waals surface area (Å²) in [5, 5.41) is 14.3. The first-order chi connectivity index (χ1) is 25.1. The van der Waals surface area contributed by atoms with Crippen LogP contribution in [0.4, 0.5) is 0 Å². The minimum atomic E-state index is 0.245. The van der Waals surface area contributed by atoms with Crippen LogP contribution in [-0.4, -0.2) is 19.5 Å². The summed E-state index contributed by atoms with van der Waals surface area (Å²) >= 11 is 0. The highest BCUT2D eigenvalue weighted by Crippen LogP contribution is 2.51. The highest BCUT2D eigenvalue weighted by molar-refractivity contribution is 6.25. The molecule has 10 rings (SSSR count). The van der Waals surface area contributed by atoms with Crippen LogP contribution in [0.2, 0.25) is 0 Å². The molecule has 1 aliphatic rings. The molecular weight excluding hydrogens is 623 g/mol. The second-order valence-corrected chi connectivity index (χ2v) is 13.4. The molecule has 3 aromatic heterocycles. The van der Waals surface area contributed by atoms with Gasteiger partial charge in [0.05, 0.1) is 28.2 Å². The molecule has 240 valence electrons. The number of hydrogen-bond donors (Lipinski definition) is 0. The smallest absolute Gasteiger partial charge is 0.235 e. The second-order valence-electron chi connectivity index (χ2n) is 13.4. The molecule has 0 saturated carbocycles. The van der Waals surface area contributed by atoms with Gasteiger partial charge < -0.3 is 0 Å². The molecule has 0 aliphatic heterocycles. The fourth-order valence-corrected chi connectivity index (χ4v) is 8.50. The Morgan fingerprint density at radius 3 is 2.27 bits per heavy atom. The fourth-order valence-electron chi connectivity index (χ4n) is 8.50. The van der Waals surface area contributed by atoms with Crippen LogP contribution in [0.15, 0.2) is 134 Å². The average Bonchev–Trinajstić information content (AvgIpc) is 3.52. The summed E-state index contributed by atoms with van der Waals surface area (Å²) in [5.41, 5.74) is 14.8. The SMILES string of the molecule is CC[C@@H]1c2ccccc2-c2cc3c4c5ccccc5ccc4n(-c4nc(-c5ccc(C#N)cc5)c5ncccc5n4)c3c(c2C)-c2ccccc21. The zero-order chi connectivity index (χ0) is 34.2. The number of hydrogen-bond acceptors (Lipinski definition) is 4. The number of benzene rings is 6. The van der Waals surface area contributed by atoms with E-state index in [1.165, 1.54) is 60.5 Å². The lowest BCUT2D eigenvalue weighted by Gasteiger charge is -2.28. The van der Waals surface area contributed by atoms with Gasteiger partial charge in [0.25, 0.3) is 0 Å². The molecular formula is C46H31N5. The standard InChI is InChI=1S/C46H31N5/c1-3-31-33-13-6-7-15-35(33)37-25-38-42-32-12-5-4-11-29(32)22-23-40(42)51(45(38)41(27(37)2)36-16-9-8-14-34(31)36)46-49-39-17-10-24-48-44(39)43(50-46)30-20-18-28(26-47)19-21-30/h4-25,31H,3H2,1-2H3/t31-/m1/s1. The molecule has 0 radical (unpaired) electrons. The number of pyridine rings is 1. The first-order valence-electron chi connectivity index (χ1n) is 17.5. The highest BCUT2D eigenvalue weighted by Gasteiger charge is 2.30. The number of fused-ring (bicyclic) bond motifs is 13. The van der Waals surface area contributed by atoms with Crippen molar-refractivity contribution in [3.63, 3.8) is 0 Å². The molecule has 5 nitrogen and oxygen atoms in total. The molecule has 0 N–H and O–H groups in total. The lowest BCUT2D eigenvalue weighted by atomic mass is 9.76. The van der Waals surface area contributed by atoms with E-state index in [-0.39, 0.29) is 5.92 Å². The van der Waals surface area contributed by atoms with Crippen molar-refractivity contribution >= 4 is 43.6 Å².